The van der Waals surface area contributed by atoms with Crippen molar-refractivity contribution in [3.8, 4) is 11.8 Å². The van der Waals surface area contributed by atoms with Gasteiger partial charge in [0.1, 0.15) is 24.0 Å². The molecule has 0 aliphatic heterocycles. The van der Waals surface area contributed by atoms with E-state index in [2.05, 4.69) is 37.2 Å². The maximum absolute atomic E-state index is 12.5. The van der Waals surface area contributed by atoms with Gasteiger partial charge < -0.3 is 10.1 Å². The Morgan fingerprint density at radius 3 is 2.32 bits per heavy atom. The van der Waals surface area contributed by atoms with Crippen molar-refractivity contribution in [2.45, 2.75) is 6.61 Å². The van der Waals surface area contributed by atoms with Crippen LogP contribution in [-0.2, 0) is 11.4 Å². The minimum atomic E-state index is -0.558. The predicted molar refractivity (Wildman–Crippen MR) is 131 cm³/mol. The van der Waals surface area contributed by atoms with Gasteiger partial charge in [0.15, 0.2) is 0 Å². The second-order valence-electron chi connectivity index (χ2n) is 6.34. The summed E-state index contributed by atoms with van der Waals surface area (Å²) in [5.41, 5.74) is 2.05. The summed E-state index contributed by atoms with van der Waals surface area (Å²) >= 11 is 18.8. The zero-order valence-corrected chi connectivity index (χ0v) is 20.5. The monoisotopic (exact) mass is 578 g/mol. The number of amides is 1. The Morgan fingerprint density at radius 2 is 1.71 bits per heavy atom. The predicted octanol–water partition coefficient (Wildman–Crippen LogP) is 7.64. The van der Waals surface area contributed by atoms with Gasteiger partial charge in [-0.1, -0.05) is 53.5 Å². The second-order valence-corrected chi connectivity index (χ2v) is 8.86. The molecule has 0 aliphatic rings. The number of halogens is 4. The molecular formula is C23H14Br2Cl2N2O2. The van der Waals surface area contributed by atoms with Crippen LogP contribution in [0.25, 0.3) is 6.08 Å². The number of benzene rings is 3. The van der Waals surface area contributed by atoms with Gasteiger partial charge in [0.2, 0.25) is 0 Å². The van der Waals surface area contributed by atoms with E-state index < -0.39 is 5.91 Å². The lowest BCUT2D eigenvalue weighted by Crippen LogP contribution is -2.13. The Labute approximate surface area is 206 Å². The molecule has 0 bridgehead atoms. The lowest BCUT2D eigenvalue weighted by molar-refractivity contribution is -0.112. The maximum atomic E-state index is 12.5. The third-order valence-corrected chi connectivity index (χ3v) is 6.02. The van der Waals surface area contributed by atoms with E-state index in [1.165, 1.54) is 12.1 Å². The SMILES string of the molecule is N#C/C(=C/c1cc(Br)c(OCc2ccccc2)c(Br)c1)C(=O)Nc1ccc(Cl)c(Cl)c1. The number of carbonyl (C=O) groups excluding carboxylic acids is 1. The summed E-state index contributed by atoms with van der Waals surface area (Å²) in [6.45, 7) is 0.405. The molecular weight excluding hydrogens is 567 g/mol. The highest BCUT2D eigenvalue weighted by molar-refractivity contribution is 9.11. The fraction of sp³-hybridized carbons (Fsp3) is 0.0435. The molecule has 8 heteroatoms. The molecule has 0 aliphatic carbocycles. The van der Waals surface area contributed by atoms with Crippen LogP contribution < -0.4 is 10.1 Å². The van der Waals surface area contributed by atoms with E-state index in [1.54, 1.807) is 24.3 Å². The van der Waals surface area contributed by atoms with Gasteiger partial charge in [0, 0.05) is 5.69 Å². The number of nitriles is 1. The summed E-state index contributed by atoms with van der Waals surface area (Å²) in [6.07, 6.45) is 1.49. The highest BCUT2D eigenvalue weighted by Gasteiger charge is 2.13. The van der Waals surface area contributed by atoms with Crippen molar-refractivity contribution in [2.75, 3.05) is 5.32 Å². The van der Waals surface area contributed by atoms with Gasteiger partial charge in [0.25, 0.3) is 5.91 Å². The minimum absolute atomic E-state index is 0.0668. The fourth-order valence-corrected chi connectivity index (χ4v) is 4.37. The first kappa shape index (κ1) is 23.4. The van der Waals surface area contributed by atoms with E-state index in [9.17, 15) is 10.1 Å². The zero-order chi connectivity index (χ0) is 22.4. The Kier molecular flexibility index (Phi) is 8.16. The molecule has 0 saturated heterocycles. The number of carbonyl (C=O) groups is 1. The molecule has 3 rings (SSSR count). The van der Waals surface area contributed by atoms with E-state index in [1.807, 2.05) is 36.4 Å². The van der Waals surface area contributed by atoms with Gasteiger partial charge in [-0.05, 0) is 79.4 Å². The molecule has 31 heavy (non-hydrogen) atoms. The highest BCUT2D eigenvalue weighted by Crippen LogP contribution is 2.36. The molecule has 4 nitrogen and oxygen atoms in total. The van der Waals surface area contributed by atoms with E-state index >= 15 is 0 Å². The quantitative estimate of drug-likeness (QED) is 0.241. The molecule has 156 valence electrons. The first-order valence-corrected chi connectivity index (χ1v) is 11.3. The number of hydrogen-bond donors (Lipinski definition) is 1. The van der Waals surface area contributed by atoms with Crippen molar-refractivity contribution in [1.29, 1.82) is 5.26 Å². The molecule has 0 aromatic heterocycles. The molecule has 3 aromatic carbocycles. The summed E-state index contributed by atoms with van der Waals surface area (Å²) in [5, 5.41) is 12.8. The summed E-state index contributed by atoms with van der Waals surface area (Å²) in [7, 11) is 0. The van der Waals surface area contributed by atoms with Gasteiger partial charge >= 0.3 is 0 Å². The summed E-state index contributed by atoms with van der Waals surface area (Å²) in [5.74, 6) is 0.0670. The molecule has 1 N–H and O–H groups in total. The van der Waals surface area contributed by atoms with Crippen LogP contribution in [0.5, 0.6) is 5.75 Å². The number of nitrogens with zero attached hydrogens (tertiary/aromatic N) is 1. The van der Waals surface area contributed by atoms with Crippen LogP contribution in [0.1, 0.15) is 11.1 Å². The highest BCUT2D eigenvalue weighted by atomic mass is 79.9. The Bertz CT molecular complexity index is 1170. The molecule has 1 amide bonds. The average Bonchev–Trinajstić information content (AvgIpc) is 2.74. The van der Waals surface area contributed by atoms with Crippen molar-refractivity contribution in [2.24, 2.45) is 0 Å². The topological polar surface area (TPSA) is 62.1 Å². The molecule has 0 heterocycles. The third kappa shape index (κ3) is 6.34. The molecule has 0 unspecified atom stereocenters. The summed E-state index contributed by atoms with van der Waals surface area (Å²) in [6, 6.07) is 20.0. The zero-order valence-electron chi connectivity index (χ0n) is 15.8. The average molecular weight is 581 g/mol. The Balaban J connectivity index is 1.77. The van der Waals surface area contributed by atoms with E-state index in [0.717, 1.165) is 5.56 Å². The van der Waals surface area contributed by atoms with Crippen LogP contribution in [0, 0.1) is 11.3 Å². The van der Waals surface area contributed by atoms with Crippen LogP contribution in [0.3, 0.4) is 0 Å². The van der Waals surface area contributed by atoms with Crippen LogP contribution in [0.15, 0.2) is 75.2 Å². The van der Waals surface area contributed by atoms with Gasteiger partial charge in [-0.3, -0.25) is 4.79 Å². The standard InChI is InChI=1S/C23H14Br2Cl2N2O2/c24-18-9-15(10-19(25)22(18)31-13-14-4-2-1-3-5-14)8-16(12-28)23(30)29-17-6-7-20(26)21(27)11-17/h1-11H,13H2,(H,29,30)/b16-8-. The lowest BCUT2D eigenvalue weighted by Gasteiger charge is -2.12. The normalized spacial score (nSPS) is 11.0. The van der Waals surface area contributed by atoms with Gasteiger partial charge in [0.05, 0.1) is 19.0 Å². The fourth-order valence-electron chi connectivity index (χ4n) is 2.62. The van der Waals surface area contributed by atoms with Gasteiger partial charge in [-0.15, -0.1) is 0 Å². The smallest absolute Gasteiger partial charge is 0.266 e. The first-order chi connectivity index (χ1) is 14.9. The van der Waals surface area contributed by atoms with Crippen LogP contribution >= 0.6 is 55.1 Å². The van der Waals surface area contributed by atoms with Crippen LogP contribution in [-0.4, -0.2) is 5.91 Å². The lowest BCUT2D eigenvalue weighted by atomic mass is 10.1. The molecule has 0 radical (unpaired) electrons. The van der Waals surface area contributed by atoms with E-state index in [0.29, 0.717) is 42.6 Å². The molecule has 3 aromatic rings. The second kappa shape index (κ2) is 10.8. The van der Waals surface area contributed by atoms with Crippen molar-refractivity contribution < 1.29 is 9.53 Å². The van der Waals surface area contributed by atoms with Gasteiger partial charge in [-0.2, -0.15) is 5.26 Å². The number of rotatable bonds is 6. The summed E-state index contributed by atoms with van der Waals surface area (Å²) < 4.78 is 7.28. The largest absolute Gasteiger partial charge is 0.487 e. The number of hydrogen-bond acceptors (Lipinski definition) is 3. The van der Waals surface area contributed by atoms with Crippen molar-refractivity contribution in [1.82, 2.24) is 0 Å². The molecule has 0 fully saturated rings. The molecule has 0 atom stereocenters. The third-order valence-electron chi connectivity index (χ3n) is 4.10. The Morgan fingerprint density at radius 1 is 1.03 bits per heavy atom. The van der Waals surface area contributed by atoms with Crippen molar-refractivity contribution in [3.05, 3.63) is 96.4 Å². The van der Waals surface area contributed by atoms with Crippen LogP contribution in [0.4, 0.5) is 5.69 Å². The van der Waals surface area contributed by atoms with E-state index in [-0.39, 0.29) is 5.57 Å². The molecule has 0 spiro atoms. The minimum Gasteiger partial charge on any atom is -0.487 e. The number of anilines is 1. The number of ether oxygens (including phenoxy) is 1. The van der Waals surface area contributed by atoms with Gasteiger partial charge in [-0.25, -0.2) is 0 Å². The van der Waals surface area contributed by atoms with Crippen LogP contribution in [0.2, 0.25) is 10.0 Å². The Hall–Kier alpha value is -2.30. The summed E-state index contributed by atoms with van der Waals surface area (Å²) in [4.78, 5) is 12.5. The van der Waals surface area contributed by atoms with Crippen molar-refractivity contribution >= 4 is 72.7 Å². The van der Waals surface area contributed by atoms with Crippen molar-refractivity contribution in [3.63, 3.8) is 0 Å². The first-order valence-electron chi connectivity index (χ1n) is 8.91. The number of nitrogens with one attached hydrogen (secondary N) is 1. The maximum Gasteiger partial charge on any atom is 0.266 e. The van der Waals surface area contributed by atoms with E-state index in [4.69, 9.17) is 27.9 Å². The molecule has 0 saturated carbocycles.